The molecule has 1 N–H and O–H groups in total. The van der Waals surface area contributed by atoms with Crippen LogP contribution in [0.25, 0.3) is 17.7 Å². The zero-order valence-corrected chi connectivity index (χ0v) is 10.8. The highest BCUT2D eigenvalue weighted by Gasteiger charge is 2.08. The van der Waals surface area contributed by atoms with E-state index in [1.165, 1.54) is 0 Å². The second kappa shape index (κ2) is 4.72. The van der Waals surface area contributed by atoms with Crippen molar-refractivity contribution in [3.63, 3.8) is 0 Å². The fourth-order valence-corrected chi connectivity index (χ4v) is 2.06. The molecule has 0 saturated carbocycles. The van der Waals surface area contributed by atoms with Crippen LogP contribution in [-0.4, -0.2) is 22.1 Å². The van der Waals surface area contributed by atoms with E-state index in [0.29, 0.717) is 16.7 Å². The van der Waals surface area contributed by atoms with Crippen LogP contribution in [0.5, 0.6) is 0 Å². The van der Waals surface area contributed by atoms with Gasteiger partial charge in [-0.2, -0.15) is 0 Å². The minimum Gasteiger partial charge on any atom is -0.436 e. The van der Waals surface area contributed by atoms with Crippen LogP contribution in [0.3, 0.4) is 0 Å². The lowest BCUT2D eigenvalue weighted by Crippen LogP contribution is -2.15. The predicted octanol–water partition coefficient (Wildman–Crippen LogP) is 1.41. The lowest BCUT2D eigenvalue weighted by atomic mass is 10.2. The maximum Gasteiger partial charge on any atom is 0.227 e. The average molecular weight is 253 g/mol. The Labute approximate surface area is 111 Å². The summed E-state index contributed by atoms with van der Waals surface area (Å²) in [6.45, 7) is 3.16. The molecule has 0 radical (unpaired) electrons. The summed E-state index contributed by atoms with van der Waals surface area (Å²) in [7, 11) is 0. The molecule has 3 rings (SSSR count). The number of nitrogens with one attached hydrogen (secondary N) is 1. The summed E-state index contributed by atoms with van der Waals surface area (Å²) < 4.78 is 5.69. The minimum atomic E-state index is 0.434. The molecule has 1 aromatic rings. The van der Waals surface area contributed by atoms with Gasteiger partial charge in [0.2, 0.25) is 5.55 Å². The van der Waals surface area contributed by atoms with E-state index in [0.717, 1.165) is 24.2 Å². The first-order valence-corrected chi connectivity index (χ1v) is 6.38. The van der Waals surface area contributed by atoms with Gasteiger partial charge in [0, 0.05) is 30.6 Å². The molecular weight excluding hydrogens is 238 g/mol. The van der Waals surface area contributed by atoms with Gasteiger partial charge in [-0.1, -0.05) is 6.92 Å². The van der Waals surface area contributed by atoms with Crippen molar-refractivity contribution in [1.29, 1.82) is 5.41 Å². The lowest BCUT2D eigenvalue weighted by Gasteiger charge is -2.16. The molecule has 4 heteroatoms. The van der Waals surface area contributed by atoms with Gasteiger partial charge in [0.25, 0.3) is 0 Å². The van der Waals surface area contributed by atoms with Crippen LogP contribution >= 0.6 is 0 Å². The second-order valence-corrected chi connectivity index (χ2v) is 4.53. The molecule has 0 spiro atoms. The SMILES string of the molecule is CCCN1C=CC(=c2nc3c(o2)=CC(=N)C=C3)C=C1. The Balaban J connectivity index is 2.01. The number of rotatable bonds is 2. The van der Waals surface area contributed by atoms with Crippen LogP contribution in [0.2, 0.25) is 0 Å². The zero-order chi connectivity index (χ0) is 13.2. The number of oxazole rings is 1. The molecule has 0 aromatic carbocycles. The summed E-state index contributed by atoms with van der Waals surface area (Å²) in [4.78, 5) is 6.57. The van der Waals surface area contributed by atoms with E-state index in [9.17, 15) is 0 Å². The molecule has 96 valence electrons. The predicted molar refractivity (Wildman–Crippen MR) is 75.7 cm³/mol. The van der Waals surface area contributed by atoms with Crippen LogP contribution in [0, 0.1) is 5.41 Å². The maximum atomic E-state index is 7.57. The van der Waals surface area contributed by atoms with Crippen molar-refractivity contribution < 1.29 is 4.42 Å². The van der Waals surface area contributed by atoms with Crippen LogP contribution in [-0.2, 0) is 0 Å². The third-order valence-corrected chi connectivity index (χ3v) is 3.01. The van der Waals surface area contributed by atoms with Crippen molar-refractivity contribution in [2.45, 2.75) is 13.3 Å². The van der Waals surface area contributed by atoms with Gasteiger partial charge in [-0.05, 0) is 30.7 Å². The van der Waals surface area contributed by atoms with E-state index in [4.69, 9.17) is 9.83 Å². The van der Waals surface area contributed by atoms with E-state index in [2.05, 4.69) is 16.8 Å². The van der Waals surface area contributed by atoms with Crippen molar-refractivity contribution in [3.8, 4) is 0 Å². The van der Waals surface area contributed by atoms with Crippen molar-refractivity contribution >= 4 is 23.4 Å². The van der Waals surface area contributed by atoms with E-state index < -0.39 is 0 Å². The summed E-state index contributed by atoms with van der Waals surface area (Å²) in [6.07, 6.45) is 14.4. The molecule has 19 heavy (non-hydrogen) atoms. The molecule has 0 amide bonds. The summed E-state index contributed by atoms with van der Waals surface area (Å²) in [6, 6.07) is 0. The molecule has 1 aliphatic carbocycles. The van der Waals surface area contributed by atoms with E-state index in [1.807, 2.05) is 30.6 Å². The topological polar surface area (TPSA) is 53.1 Å². The first-order valence-electron chi connectivity index (χ1n) is 6.38. The number of allylic oxidation sites excluding steroid dienone is 3. The average Bonchev–Trinajstić information content (AvgIpc) is 2.83. The fraction of sp³-hybridized carbons (Fsp3) is 0.200. The molecule has 0 unspecified atom stereocenters. The normalized spacial score (nSPS) is 16.8. The molecular formula is C15H15N3O. The van der Waals surface area contributed by atoms with E-state index in [1.54, 1.807) is 12.2 Å². The highest BCUT2D eigenvalue weighted by Crippen LogP contribution is 2.09. The molecule has 2 heterocycles. The Morgan fingerprint density at radius 3 is 2.74 bits per heavy atom. The third-order valence-electron chi connectivity index (χ3n) is 3.01. The molecule has 1 aromatic heterocycles. The Morgan fingerprint density at radius 1 is 1.21 bits per heavy atom. The second-order valence-electron chi connectivity index (χ2n) is 4.53. The number of fused-ring (bicyclic) bond motifs is 1. The van der Waals surface area contributed by atoms with E-state index >= 15 is 0 Å². The monoisotopic (exact) mass is 253 g/mol. The molecule has 0 atom stereocenters. The standard InChI is InChI=1S/C15H15N3O/c1-2-7-18-8-5-11(6-9-18)15-17-13-4-3-12(16)10-14(13)19-15/h3-6,8-10,16H,2,7H2,1H3. The highest BCUT2D eigenvalue weighted by atomic mass is 16.3. The minimum absolute atomic E-state index is 0.434. The highest BCUT2D eigenvalue weighted by molar-refractivity contribution is 6.18. The molecule has 0 fully saturated rings. The first-order chi connectivity index (χ1) is 9.26. The Morgan fingerprint density at radius 2 is 2.00 bits per heavy atom. The number of aromatic nitrogens is 1. The summed E-state index contributed by atoms with van der Waals surface area (Å²) in [5.74, 6) is 0. The smallest absolute Gasteiger partial charge is 0.227 e. The number of hydrogen-bond donors (Lipinski definition) is 1. The van der Waals surface area contributed by atoms with E-state index in [-0.39, 0.29) is 0 Å². The molecule has 2 aliphatic rings. The number of hydrogen-bond acceptors (Lipinski definition) is 4. The van der Waals surface area contributed by atoms with Gasteiger partial charge in [-0.25, -0.2) is 4.98 Å². The van der Waals surface area contributed by atoms with Gasteiger partial charge < -0.3 is 14.7 Å². The lowest BCUT2D eigenvalue weighted by molar-refractivity contribution is 0.484. The molecule has 1 aliphatic heterocycles. The van der Waals surface area contributed by atoms with Crippen molar-refractivity contribution in [2.24, 2.45) is 0 Å². The zero-order valence-electron chi connectivity index (χ0n) is 10.8. The van der Waals surface area contributed by atoms with Gasteiger partial charge in [0.05, 0.1) is 5.71 Å². The van der Waals surface area contributed by atoms with Crippen LogP contribution in [0.15, 0.2) is 35.0 Å². The van der Waals surface area contributed by atoms with Gasteiger partial charge in [-0.3, -0.25) is 0 Å². The Bertz CT molecular complexity index is 703. The van der Waals surface area contributed by atoms with Crippen LogP contribution < -0.4 is 11.0 Å². The Hall–Kier alpha value is -2.36. The first kappa shape index (κ1) is 11.7. The summed E-state index contributed by atoms with van der Waals surface area (Å²) >= 11 is 0. The largest absolute Gasteiger partial charge is 0.436 e. The summed E-state index contributed by atoms with van der Waals surface area (Å²) in [5, 5.41) is 7.57. The quantitative estimate of drug-likeness (QED) is 0.867. The van der Waals surface area contributed by atoms with Crippen molar-refractivity contribution in [3.05, 3.63) is 47.3 Å². The van der Waals surface area contributed by atoms with Crippen LogP contribution in [0.4, 0.5) is 0 Å². The van der Waals surface area contributed by atoms with Crippen molar-refractivity contribution in [1.82, 2.24) is 9.88 Å². The molecule has 0 saturated heterocycles. The van der Waals surface area contributed by atoms with Gasteiger partial charge in [0.1, 0.15) is 5.69 Å². The third kappa shape index (κ3) is 2.29. The molecule has 0 bridgehead atoms. The van der Waals surface area contributed by atoms with Crippen LogP contribution in [0.1, 0.15) is 19.0 Å². The fourth-order valence-electron chi connectivity index (χ4n) is 2.06. The summed E-state index contributed by atoms with van der Waals surface area (Å²) in [5.41, 5.74) is 3.44. The van der Waals surface area contributed by atoms with Gasteiger partial charge in [0.15, 0.2) is 5.42 Å². The number of nitrogens with zero attached hydrogens (tertiary/aromatic N) is 2. The molecule has 4 nitrogen and oxygen atoms in total. The van der Waals surface area contributed by atoms with Gasteiger partial charge >= 0.3 is 0 Å². The Kier molecular flexibility index (Phi) is 2.91. The van der Waals surface area contributed by atoms with Gasteiger partial charge in [-0.15, -0.1) is 0 Å². The maximum absolute atomic E-state index is 7.57. The van der Waals surface area contributed by atoms with Crippen molar-refractivity contribution in [2.75, 3.05) is 6.54 Å².